The molecular weight excluding hydrogens is 186 g/mol. The molecule has 1 fully saturated rings. The molecule has 1 saturated heterocycles. The van der Waals surface area contributed by atoms with Crippen LogP contribution in [-0.4, -0.2) is 13.7 Å². The van der Waals surface area contributed by atoms with Crippen molar-refractivity contribution in [1.82, 2.24) is 5.32 Å². The zero-order chi connectivity index (χ0) is 10.5. The van der Waals surface area contributed by atoms with E-state index in [-0.39, 0.29) is 0 Å². The maximum atomic E-state index is 5.12. The average molecular weight is 203 g/mol. The number of piperidine rings is 1. The monoisotopic (exact) mass is 203 g/mol. The summed E-state index contributed by atoms with van der Waals surface area (Å²) in [5.41, 5.74) is 2.59. The molecule has 2 heteroatoms. The first-order valence-corrected chi connectivity index (χ1v) is 5.47. The number of hydrogen-bond acceptors (Lipinski definition) is 2. The zero-order valence-electron chi connectivity index (χ0n) is 9.12. The van der Waals surface area contributed by atoms with Crippen molar-refractivity contribution in [3.05, 3.63) is 35.5 Å². The van der Waals surface area contributed by atoms with Crippen molar-refractivity contribution in [2.75, 3.05) is 13.7 Å². The van der Waals surface area contributed by atoms with E-state index in [1.165, 1.54) is 30.5 Å². The Morgan fingerprint density at radius 2 is 2.00 bits per heavy atom. The molecule has 0 bridgehead atoms. The van der Waals surface area contributed by atoms with Crippen LogP contribution >= 0.6 is 0 Å². The van der Waals surface area contributed by atoms with E-state index in [2.05, 4.69) is 23.5 Å². The fraction of sp³-hybridized carbons (Fsp3) is 0.385. The Kier molecular flexibility index (Phi) is 3.28. The molecule has 80 valence electrons. The van der Waals surface area contributed by atoms with Gasteiger partial charge in [0.1, 0.15) is 5.75 Å². The van der Waals surface area contributed by atoms with Crippen LogP contribution in [0.15, 0.2) is 30.0 Å². The lowest BCUT2D eigenvalue weighted by molar-refractivity contribution is 0.415. The minimum Gasteiger partial charge on any atom is -0.497 e. The van der Waals surface area contributed by atoms with Gasteiger partial charge in [-0.3, -0.25) is 0 Å². The quantitative estimate of drug-likeness (QED) is 0.798. The van der Waals surface area contributed by atoms with Gasteiger partial charge in [-0.25, -0.2) is 0 Å². The predicted octanol–water partition coefficient (Wildman–Crippen LogP) is 2.81. The second kappa shape index (κ2) is 4.87. The van der Waals surface area contributed by atoms with Gasteiger partial charge in [0.25, 0.3) is 0 Å². The lowest BCUT2D eigenvalue weighted by Crippen LogP contribution is -2.19. The highest BCUT2D eigenvalue weighted by molar-refractivity contribution is 5.53. The fourth-order valence-electron chi connectivity index (χ4n) is 1.80. The third kappa shape index (κ3) is 2.75. The molecule has 0 amide bonds. The highest BCUT2D eigenvalue weighted by Gasteiger charge is 2.03. The third-order valence-electron chi connectivity index (χ3n) is 2.68. The number of hydrogen-bond donors (Lipinski definition) is 1. The Labute approximate surface area is 91.0 Å². The molecule has 0 unspecified atom stereocenters. The van der Waals surface area contributed by atoms with Gasteiger partial charge >= 0.3 is 0 Å². The average Bonchev–Trinajstić information content (AvgIpc) is 2.31. The van der Waals surface area contributed by atoms with Crippen molar-refractivity contribution in [2.45, 2.75) is 19.3 Å². The lowest BCUT2D eigenvalue weighted by Gasteiger charge is -2.16. The molecule has 15 heavy (non-hydrogen) atoms. The number of allylic oxidation sites excluding steroid dienone is 1. The van der Waals surface area contributed by atoms with Crippen LogP contribution in [0.5, 0.6) is 5.75 Å². The van der Waals surface area contributed by atoms with Crippen molar-refractivity contribution >= 4 is 6.08 Å². The van der Waals surface area contributed by atoms with Gasteiger partial charge in [-0.05, 0) is 43.0 Å². The van der Waals surface area contributed by atoms with Crippen molar-refractivity contribution in [3.63, 3.8) is 0 Å². The molecule has 2 nitrogen and oxygen atoms in total. The van der Waals surface area contributed by atoms with Crippen LogP contribution in [0.3, 0.4) is 0 Å². The van der Waals surface area contributed by atoms with Crippen LogP contribution in [0.1, 0.15) is 24.8 Å². The van der Waals surface area contributed by atoms with E-state index < -0.39 is 0 Å². The van der Waals surface area contributed by atoms with Crippen LogP contribution in [0.25, 0.3) is 6.08 Å². The van der Waals surface area contributed by atoms with Gasteiger partial charge in [0, 0.05) is 12.2 Å². The summed E-state index contributed by atoms with van der Waals surface area (Å²) >= 11 is 0. The second-order valence-corrected chi connectivity index (χ2v) is 3.83. The van der Waals surface area contributed by atoms with E-state index in [0.717, 1.165) is 12.3 Å². The van der Waals surface area contributed by atoms with Crippen LogP contribution in [0.4, 0.5) is 0 Å². The van der Waals surface area contributed by atoms with Crippen LogP contribution in [-0.2, 0) is 0 Å². The third-order valence-corrected chi connectivity index (χ3v) is 2.68. The SMILES string of the molecule is COc1ccc(C=C2CCCCN2)cc1. The van der Waals surface area contributed by atoms with E-state index in [1.807, 2.05) is 12.1 Å². The molecule has 0 aromatic heterocycles. The number of nitrogens with one attached hydrogen (secondary N) is 1. The molecule has 0 saturated carbocycles. The summed E-state index contributed by atoms with van der Waals surface area (Å²) in [6.45, 7) is 1.11. The standard InChI is InChI=1S/C13H17NO/c1-15-13-7-5-11(6-8-13)10-12-4-2-3-9-14-12/h5-8,10,14H,2-4,9H2,1H3. The molecule has 2 rings (SSSR count). The summed E-state index contributed by atoms with van der Waals surface area (Å²) in [5.74, 6) is 0.911. The van der Waals surface area contributed by atoms with Gasteiger partial charge in [-0.15, -0.1) is 0 Å². The Morgan fingerprint density at radius 1 is 1.20 bits per heavy atom. The topological polar surface area (TPSA) is 21.3 Å². The number of methoxy groups -OCH3 is 1. The Bertz CT molecular complexity index is 332. The van der Waals surface area contributed by atoms with Crippen molar-refractivity contribution in [3.8, 4) is 5.75 Å². The Morgan fingerprint density at radius 3 is 2.60 bits per heavy atom. The second-order valence-electron chi connectivity index (χ2n) is 3.83. The molecule has 1 heterocycles. The van der Waals surface area contributed by atoms with Gasteiger partial charge in [0.15, 0.2) is 0 Å². The smallest absolute Gasteiger partial charge is 0.118 e. The normalized spacial score (nSPS) is 18.6. The van der Waals surface area contributed by atoms with E-state index in [1.54, 1.807) is 7.11 Å². The van der Waals surface area contributed by atoms with Gasteiger partial charge in [-0.1, -0.05) is 12.1 Å². The minimum absolute atomic E-state index is 0.911. The van der Waals surface area contributed by atoms with Crippen LogP contribution < -0.4 is 10.1 Å². The van der Waals surface area contributed by atoms with E-state index >= 15 is 0 Å². The summed E-state index contributed by atoms with van der Waals surface area (Å²) in [7, 11) is 1.69. The maximum Gasteiger partial charge on any atom is 0.118 e. The Balaban J connectivity index is 2.08. The first-order valence-electron chi connectivity index (χ1n) is 5.47. The fourth-order valence-corrected chi connectivity index (χ4v) is 1.80. The molecule has 1 aromatic rings. The molecule has 0 atom stereocenters. The van der Waals surface area contributed by atoms with Crippen molar-refractivity contribution in [2.24, 2.45) is 0 Å². The summed E-state index contributed by atoms with van der Waals surface area (Å²) in [6, 6.07) is 8.16. The lowest BCUT2D eigenvalue weighted by atomic mass is 10.1. The van der Waals surface area contributed by atoms with Crippen molar-refractivity contribution < 1.29 is 4.74 Å². The summed E-state index contributed by atoms with van der Waals surface area (Å²) in [6.07, 6.45) is 5.99. The highest BCUT2D eigenvalue weighted by atomic mass is 16.5. The first-order chi connectivity index (χ1) is 7.38. The van der Waals surface area contributed by atoms with E-state index in [9.17, 15) is 0 Å². The highest BCUT2D eigenvalue weighted by Crippen LogP contribution is 2.17. The predicted molar refractivity (Wildman–Crippen MR) is 62.8 cm³/mol. The number of benzene rings is 1. The van der Waals surface area contributed by atoms with Gasteiger partial charge < -0.3 is 10.1 Å². The molecule has 1 N–H and O–H groups in total. The summed E-state index contributed by atoms with van der Waals surface area (Å²) in [4.78, 5) is 0. The minimum atomic E-state index is 0.911. The number of rotatable bonds is 2. The zero-order valence-corrected chi connectivity index (χ0v) is 9.12. The van der Waals surface area contributed by atoms with Crippen LogP contribution in [0.2, 0.25) is 0 Å². The van der Waals surface area contributed by atoms with Gasteiger partial charge in [-0.2, -0.15) is 0 Å². The van der Waals surface area contributed by atoms with Gasteiger partial charge in [0.05, 0.1) is 7.11 Å². The first kappa shape index (κ1) is 10.1. The summed E-state index contributed by atoms with van der Waals surface area (Å²) in [5, 5.41) is 3.43. The largest absolute Gasteiger partial charge is 0.497 e. The molecule has 0 radical (unpaired) electrons. The molecule has 0 spiro atoms. The van der Waals surface area contributed by atoms with Gasteiger partial charge in [0.2, 0.25) is 0 Å². The van der Waals surface area contributed by atoms with E-state index in [4.69, 9.17) is 4.74 Å². The molecule has 1 aliphatic heterocycles. The molecule has 0 aliphatic carbocycles. The maximum absolute atomic E-state index is 5.12. The molecular formula is C13H17NO. The molecule has 1 aliphatic rings. The van der Waals surface area contributed by atoms with Crippen LogP contribution in [0, 0.1) is 0 Å². The van der Waals surface area contributed by atoms with Crippen molar-refractivity contribution in [1.29, 1.82) is 0 Å². The Hall–Kier alpha value is -1.44. The molecule has 1 aromatic carbocycles. The number of ether oxygens (including phenoxy) is 1. The summed E-state index contributed by atoms with van der Waals surface area (Å²) < 4.78 is 5.12. The van der Waals surface area contributed by atoms with E-state index in [0.29, 0.717) is 0 Å².